The Bertz CT molecular complexity index is 1230. The summed E-state index contributed by atoms with van der Waals surface area (Å²) in [5.74, 6) is -0.883. The monoisotopic (exact) mass is 995 g/mol. The number of esters is 3. The van der Waals surface area contributed by atoms with E-state index in [9.17, 15) is 14.4 Å². The van der Waals surface area contributed by atoms with Crippen LogP contribution in [-0.2, 0) is 28.6 Å². The highest BCUT2D eigenvalue weighted by atomic mass is 16.6. The van der Waals surface area contributed by atoms with Crippen molar-refractivity contribution in [2.45, 2.75) is 335 Å². The van der Waals surface area contributed by atoms with Crippen LogP contribution in [0.2, 0.25) is 0 Å². The van der Waals surface area contributed by atoms with Gasteiger partial charge in [-0.2, -0.15) is 0 Å². The van der Waals surface area contributed by atoms with E-state index < -0.39 is 6.10 Å². The highest BCUT2D eigenvalue weighted by Gasteiger charge is 2.19. The molecule has 6 nitrogen and oxygen atoms in total. The number of rotatable bonds is 57. The van der Waals surface area contributed by atoms with E-state index in [1.165, 1.54) is 205 Å². The summed E-state index contributed by atoms with van der Waals surface area (Å²) >= 11 is 0. The molecule has 1 unspecified atom stereocenters. The van der Waals surface area contributed by atoms with Gasteiger partial charge in [-0.3, -0.25) is 14.4 Å². The van der Waals surface area contributed by atoms with Gasteiger partial charge < -0.3 is 14.2 Å². The predicted molar refractivity (Wildman–Crippen MR) is 307 cm³/mol. The zero-order chi connectivity index (χ0) is 51.4. The van der Waals surface area contributed by atoms with Gasteiger partial charge in [-0.15, -0.1) is 0 Å². The van der Waals surface area contributed by atoms with E-state index in [1.807, 2.05) is 0 Å². The van der Waals surface area contributed by atoms with E-state index in [1.54, 1.807) is 0 Å². The molecule has 0 aliphatic rings. The number of allylic oxidation sites excluding steroid dienone is 8. The van der Waals surface area contributed by atoms with E-state index in [-0.39, 0.29) is 31.1 Å². The molecule has 0 aliphatic carbocycles. The van der Waals surface area contributed by atoms with Crippen LogP contribution in [0, 0.1) is 0 Å². The largest absolute Gasteiger partial charge is 0.462 e. The minimum absolute atomic E-state index is 0.0761. The van der Waals surface area contributed by atoms with Crippen molar-refractivity contribution in [2.24, 2.45) is 0 Å². The zero-order valence-corrected chi connectivity index (χ0v) is 47.5. The molecule has 0 aromatic rings. The molecule has 6 heteroatoms. The number of hydrogen-bond acceptors (Lipinski definition) is 6. The molecule has 71 heavy (non-hydrogen) atoms. The van der Waals surface area contributed by atoms with Crippen LogP contribution in [0.3, 0.4) is 0 Å². The summed E-state index contributed by atoms with van der Waals surface area (Å²) < 4.78 is 16.8. The van der Waals surface area contributed by atoms with Gasteiger partial charge in [-0.25, -0.2) is 0 Å². The minimum Gasteiger partial charge on any atom is -0.462 e. The number of ether oxygens (including phenoxy) is 3. The van der Waals surface area contributed by atoms with Crippen molar-refractivity contribution in [1.29, 1.82) is 0 Å². The molecule has 0 amide bonds. The molecule has 0 saturated heterocycles. The van der Waals surface area contributed by atoms with Crippen molar-refractivity contribution < 1.29 is 28.6 Å². The molecule has 0 aliphatic heterocycles. The van der Waals surface area contributed by atoms with E-state index in [0.717, 1.165) is 83.5 Å². The molecule has 0 aromatic carbocycles. The molecule has 0 rings (SSSR count). The zero-order valence-electron chi connectivity index (χ0n) is 47.5. The lowest BCUT2D eigenvalue weighted by Gasteiger charge is -2.18. The SMILES string of the molecule is CCCC/C=C\CCCCCCCC(=O)OCC(COC(=O)CCCCCCCCCCCCCCCCCCCCC/C=C\C/C=C\CCCCCCC)OC(=O)CCCCCCC/C=C\CCCC. The third-order valence-corrected chi connectivity index (χ3v) is 13.8. The Morgan fingerprint density at radius 3 is 0.831 bits per heavy atom. The second kappa shape index (κ2) is 59.9. The van der Waals surface area contributed by atoms with Crippen LogP contribution in [0.25, 0.3) is 0 Å². The second-order valence-electron chi connectivity index (χ2n) is 21.0. The van der Waals surface area contributed by atoms with Crippen LogP contribution < -0.4 is 0 Å². The maximum absolute atomic E-state index is 12.8. The molecular weight excluding hydrogens is 877 g/mol. The molecule has 0 heterocycles. The van der Waals surface area contributed by atoms with Crippen LogP contribution in [0.15, 0.2) is 48.6 Å². The number of hydrogen-bond donors (Lipinski definition) is 0. The molecule has 0 spiro atoms. The highest BCUT2D eigenvalue weighted by Crippen LogP contribution is 2.17. The fourth-order valence-electron chi connectivity index (χ4n) is 9.03. The van der Waals surface area contributed by atoms with Gasteiger partial charge in [0, 0.05) is 19.3 Å². The summed E-state index contributed by atoms with van der Waals surface area (Å²) in [5, 5.41) is 0. The Morgan fingerprint density at radius 2 is 0.521 bits per heavy atom. The maximum atomic E-state index is 12.8. The highest BCUT2D eigenvalue weighted by molar-refractivity contribution is 5.71. The van der Waals surface area contributed by atoms with Crippen LogP contribution in [0.5, 0.6) is 0 Å². The van der Waals surface area contributed by atoms with E-state index in [2.05, 4.69) is 69.4 Å². The summed E-state index contributed by atoms with van der Waals surface area (Å²) in [6, 6.07) is 0. The van der Waals surface area contributed by atoms with Crippen molar-refractivity contribution in [3.05, 3.63) is 48.6 Å². The number of carbonyl (C=O) groups is 3. The third kappa shape index (κ3) is 58.1. The van der Waals surface area contributed by atoms with Crippen LogP contribution in [-0.4, -0.2) is 37.2 Å². The first-order chi connectivity index (χ1) is 35.0. The van der Waals surface area contributed by atoms with Gasteiger partial charge in [-0.1, -0.05) is 268 Å². The van der Waals surface area contributed by atoms with Gasteiger partial charge in [0.15, 0.2) is 6.10 Å². The molecule has 0 saturated carbocycles. The average Bonchev–Trinajstić information content (AvgIpc) is 3.37. The molecule has 0 aromatic heterocycles. The van der Waals surface area contributed by atoms with Gasteiger partial charge in [-0.05, 0) is 89.9 Å². The van der Waals surface area contributed by atoms with E-state index in [4.69, 9.17) is 14.2 Å². The lowest BCUT2D eigenvalue weighted by molar-refractivity contribution is -0.167. The first kappa shape index (κ1) is 68.4. The maximum Gasteiger partial charge on any atom is 0.306 e. The second-order valence-corrected chi connectivity index (χ2v) is 21.0. The Balaban J connectivity index is 4.04. The molecule has 0 bridgehead atoms. The first-order valence-electron chi connectivity index (χ1n) is 31.1. The Hall–Kier alpha value is -2.63. The van der Waals surface area contributed by atoms with Gasteiger partial charge >= 0.3 is 17.9 Å². The third-order valence-electron chi connectivity index (χ3n) is 13.8. The Morgan fingerprint density at radius 1 is 0.282 bits per heavy atom. The lowest BCUT2D eigenvalue weighted by Crippen LogP contribution is -2.30. The van der Waals surface area contributed by atoms with Crippen molar-refractivity contribution in [2.75, 3.05) is 13.2 Å². The number of carbonyl (C=O) groups excluding carboxylic acids is 3. The molecular formula is C65H118O6. The molecule has 0 fully saturated rings. The van der Waals surface area contributed by atoms with Crippen molar-refractivity contribution >= 4 is 17.9 Å². The Kier molecular flexibility index (Phi) is 57.7. The average molecular weight is 996 g/mol. The lowest BCUT2D eigenvalue weighted by atomic mass is 10.0. The van der Waals surface area contributed by atoms with Crippen LogP contribution in [0.1, 0.15) is 329 Å². The van der Waals surface area contributed by atoms with Crippen LogP contribution in [0.4, 0.5) is 0 Å². The van der Waals surface area contributed by atoms with E-state index >= 15 is 0 Å². The fourth-order valence-corrected chi connectivity index (χ4v) is 9.03. The molecule has 0 radical (unpaired) electrons. The molecule has 1 atom stereocenters. The van der Waals surface area contributed by atoms with Crippen molar-refractivity contribution in [3.63, 3.8) is 0 Å². The van der Waals surface area contributed by atoms with E-state index in [0.29, 0.717) is 19.3 Å². The predicted octanol–water partition coefficient (Wildman–Crippen LogP) is 21.0. The molecule has 0 N–H and O–H groups in total. The smallest absolute Gasteiger partial charge is 0.306 e. The summed E-state index contributed by atoms with van der Waals surface area (Å²) in [4.78, 5) is 38.0. The summed E-state index contributed by atoms with van der Waals surface area (Å²) in [6.07, 6.45) is 74.3. The first-order valence-corrected chi connectivity index (χ1v) is 31.1. The summed E-state index contributed by atoms with van der Waals surface area (Å²) in [7, 11) is 0. The number of unbranched alkanes of at least 4 members (excludes halogenated alkanes) is 38. The fraction of sp³-hybridized carbons (Fsp3) is 0.831. The van der Waals surface area contributed by atoms with Gasteiger partial charge in [0.25, 0.3) is 0 Å². The van der Waals surface area contributed by atoms with Crippen molar-refractivity contribution in [1.82, 2.24) is 0 Å². The summed E-state index contributed by atoms with van der Waals surface area (Å²) in [6.45, 7) is 6.57. The quantitative estimate of drug-likeness (QED) is 0.0261. The van der Waals surface area contributed by atoms with Crippen molar-refractivity contribution in [3.8, 4) is 0 Å². The summed E-state index contributed by atoms with van der Waals surface area (Å²) in [5.41, 5.74) is 0. The van der Waals surface area contributed by atoms with Gasteiger partial charge in [0.05, 0.1) is 0 Å². The normalized spacial score (nSPS) is 12.3. The van der Waals surface area contributed by atoms with Crippen LogP contribution >= 0.6 is 0 Å². The Labute approximate surface area is 441 Å². The minimum atomic E-state index is -0.777. The van der Waals surface area contributed by atoms with Gasteiger partial charge in [0.1, 0.15) is 13.2 Å². The topological polar surface area (TPSA) is 78.9 Å². The standard InChI is InChI=1S/C65H118O6/c1-4-7-10-13-16-19-22-23-24-25-26-27-28-29-30-31-32-33-34-35-36-37-38-39-40-41-44-46-49-52-55-58-64(67)70-61-62(71-65(68)59-56-53-50-47-43-21-18-15-12-9-6-3)60-69-63(66)57-54-51-48-45-42-20-17-14-11-8-5-2/h14-15,17-18,22-23,25-26,62H,4-13,16,19-21,24,27-61H2,1-3H3/b17-14-,18-15-,23-22-,26-25-. The van der Waals surface area contributed by atoms with Gasteiger partial charge in [0.2, 0.25) is 0 Å². The molecule has 414 valence electrons.